The van der Waals surface area contributed by atoms with Crippen LogP contribution in [0.3, 0.4) is 0 Å². The molecule has 8 rings (SSSR count). The average Bonchev–Trinajstić information content (AvgIpc) is 3.65. The van der Waals surface area contributed by atoms with Crippen molar-refractivity contribution in [1.29, 1.82) is 0 Å². The number of carbonyl (C=O) groups is 3. The molecule has 0 amide bonds. The molecule has 49 heavy (non-hydrogen) atoms. The van der Waals surface area contributed by atoms with Crippen molar-refractivity contribution in [2.24, 2.45) is 23.7 Å². The third-order valence-electron chi connectivity index (χ3n) is 12.3. The summed E-state index contributed by atoms with van der Waals surface area (Å²) in [6.45, 7) is 14.7. The molecule has 0 aromatic heterocycles. The van der Waals surface area contributed by atoms with Crippen molar-refractivity contribution in [2.45, 2.75) is 107 Å². The Morgan fingerprint density at radius 1 is 0.816 bits per heavy atom. The molecule has 1 N–H and O–H groups in total. The van der Waals surface area contributed by atoms with Crippen LogP contribution in [-0.2, 0) is 38.0 Å². The van der Waals surface area contributed by atoms with Crippen LogP contribution in [0, 0.1) is 23.7 Å². The number of rotatable bonds is 6. The van der Waals surface area contributed by atoms with Crippen LogP contribution in [0.5, 0.6) is 0 Å². The SMILES string of the molecule is C=C(C)[C@@]12OC3(C)O[C@@H]1[C@@H]1[C@H](OC(=O)c4ccccc4)[C@]4(C)O[C@@]5([C@@H]4OC(=O)c4ccccc4)[C@@H](OC(C)=O)[C@@H](C)C[C@H]5[C@@]1(O)[C@H](C)[C@@H]2O3. The molecular formula is C38H42O11. The minimum Gasteiger partial charge on any atom is -0.459 e. The second-order valence-electron chi connectivity index (χ2n) is 15.1. The number of carbonyl (C=O) groups excluding carboxylic acids is 3. The van der Waals surface area contributed by atoms with Gasteiger partial charge < -0.3 is 38.3 Å². The van der Waals surface area contributed by atoms with E-state index in [1.54, 1.807) is 74.5 Å². The summed E-state index contributed by atoms with van der Waals surface area (Å²) in [5.41, 5.74) is -4.76. The number of fused-ring (bicyclic) bond motifs is 5. The maximum Gasteiger partial charge on any atom is 0.338 e. The van der Waals surface area contributed by atoms with Gasteiger partial charge in [0.15, 0.2) is 11.7 Å². The van der Waals surface area contributed by atoms with Gasteiger partial charge in [-0.1, -0.05) is 56.8 Å². The van der Waals surface area contributed by atoms with Crippen molar-refractivity contribution in [3.8, 4) is 0 Å². The van der Waals surface area contributed by atoms with Gasteiger partial charge in [-0.05, 0) is 56.0 Å². The second-order valence-corrected chi connectivity index (χ2v) is 15.1. The molecule has 2 aromatic rings. The molecule has 11 nitrogen and oxygen atoms in total. The molecule has 14 atom stereocenters. The first-order chi connectivity index (χ1) is 23.1. The van der Waals surface area contributed by atoms with Crippen LogP contribution >= 0.6 is 0 Å². The third kappa shape index (κ3) is 4.05. The molecule has 1 unspecified atom stereocenters. The van der Waals surface area contributed by atoms with Crippen LogP contribution in [-0.4, -0.2) is 81.9 Å². The summed E-state index contributed by atoms with van der Waals surface area (Å²) < 4.78 is 45.6. The van der Waals surface area contributed by atoms with Gasteiger partial charge in [-0.3, -0.25) is 4.79 Å². The van der Waals surface area contributed by atoms with E-state index in [4.69, 9.17) is 33.2 Å². The van der Waals surface area contributed by atoms with Crippen LogP contribution in [0.15, 0.2) is 72.8 Å². The van der Waals surface area contributed by atoms with E-state index in [1.165, 1.54) is 6.92 Å². The Bertz CT molecular complexity index is 1730. The molecule has 6 aliphatic rings. The fourth-order valence-corrected chi connectivity index (χ4v) is 10.5. The smallest absolute Gasteiger partial charge is 0.338 e. The Labute approximate surface area is 284 Å². The first kappa shape index (κ1) is 32.6. The van der Waals surface area contributed by atoms with Crippen molar-refractivity contribution < 1.29 is 52.6 Å². The lowest BCUT2D eigenvalue weighted by Crippen LogP contribution is -2.80. The molecule has 4 bridgehead atoms. The Morgan fingerprint density at radius 3 is 1.96 bits per heavy atom. The largest absolute Gasteiger partial charge is 0.459 e. The highest BCUT2D eigenvalue weighted by Gasteiger charge is 2.90. The van der Waals surface area contributed by atoms with E-state index in [1.807, 2.05) is 20.8 Å². The molecule has 0 radical (unpaired) electrons. The molecular weight excluding hydrogens is 632 g/mol. The molecule has 3 heterocycles. The Kier molecular flexibility index (Phi) is 6.96. The van der Waals surface area contributed by atoms with Gasteiger partial charge in [0.1, 0.15) is 35.6 Å². The van der Waals surface area contributed by atoms with Gasteiger partial charge in [0, 0.05) is 25.7 Å². The zero-order chi connectivity index (χ0) is 34.9. The van der Waals surface area contributed by atoms with Crippen molar-refractivity contribution >= 4 is 17.9 Å². The molecule has 11 heteroatoms. The number of esters is 3. The lowest BCUT2D eigenvalue weighted by atomic mass is 9.53. The first-order valence-electron chi connectivity index (χ1n) is 17.0. The number of hydrogen-bond donors (Lipinski definition) is 1. The fourth-order valence-electron chi connectivity index (χ4n) is 10.5. The van der Waals surface area contributed by atoms with Gasteiger partial charge in [-0.2, -0.15) is 0 Å². The lowest BCUT2D eigenvalue weighted by Gasteiger charge is -2.62. The molecule has 1 spiro atoms. The number of aliphatic hydroxyl groups is 1. The van der Waals surface area contributed by atoms with Crippen LogP contribution in [0.25, 0.3) is 0 Å². The molecule has 3 aliphatic carbocycles. The summed E-state index contributed by atoms with van der Waals surface area (Å²) in [6, 6.07) is 17.1. The number of ether oxygens (including phenoxy) is 7. The van der Waals surface area contributed by atoms with Crippen molar-refractivity contribution in [1.82, 2.24) is 0 Å². The summed E-state index contributed by atoms with van der Waals surface area (Å²) in [5.74, 6) is -6.04. The van der Waals surface area contributed by atoms with E-state index in [0.717, 1.165) is 0 Å². The van der Waals surface area contributed by atoms with E-state index in [2.05, 4.69) is 6.58 Å². The van der Waals surface area contributed by atoms with Gasteiger partial charge in [0.2, 0.25) is 0 Å². The predicted molar refractivity (Wildman–Crippen MR) is 171 cm³/mol. The van der Waals surface area contributed by atoms with Gasteiger partial charge >= 0.3 is 17.9 Å². The Balaban J connectivity index is 1.35. The fraction of sp³-hybridized carbons (Fsp3) is 0.553. The van der Waals surface area contributed by atoms with Gasteiger partial charge in [0.05, 0.1) is 22.6 Å². The molecule has 260 valence electrons. The van der Waals surface area contributed by atoms with Crippen LogP contribution < -0.4 is 0 Å². The van der Waals surface area contributed by atoms with Gasteiger partial charge in [-0.25, -0.2) is 9.59 Å². The maximum atomic E-state index is 14.0. The minimum absolute atomic E-state index is 0.286. The summed E-state index contributed by atoms with van der Waals surface area (Å²) in [6.07, 6.45) is -4.56. The van der Waals surface area contributed by atoms with Crippen molar-refractivity contribution in [3.05, 3.63) is 83.9 Å². The van der Waals surface area contributed by atoms with E-state index in [9.17, 15) is 19.5 Å². The second kappa shape index (κ2) is 10.5. The molecule has 3 saturated heterocycles. The normalized spacial score (nSPS) is 46.8. The maximum absolute atomic E-state index is 14.0. The Hall–Kier alpha value is -3.61. The highest BCUT2D eigenvalue weighted by atomic mass is 16.9. The monoisotopic (exact) mass is 674 g/mol. The Morgan fingerprint density at radius 2 is 1.39 bits per heavy atom. The molecule has 3 saturated carbocycles. The summed E-state index contributed by atoms with van der Waals surface area (Å²) >= 11 is 0. The van der Waals surface area contributed by atoms with Crippen LogP contribution in [0.1, 0.15) is 68.7 Å². The summed E-state index contributed by atoms with van der Waals surface area (Å²) in [5, 5.41) is 13.6. The lowest BCUT2D eigenvalue weighted by molar-refractivity contribution is -0.388. The standard InChI is InChI=1S/C38H42O11/c1-19(2)37-28-21(4)36(42)25-18-20(3)27(43-22(5)39)38(25)33(45-32(41)24-16-12-9-13-17-24)34(6,48-38)29(44-31(40)23-14-10-8-11-15-23)26(36)30(37)47-35(7,46-28)49-37/h8-17,20-21,25-30,33,42H,1,18H2,2-7H3/t20-,21+,25-,26-,27-,28-,29-,30+,33+,34-,35?,36-,37-,38+/m0/s1. The predicted octanol–water partition coefficient (Wildman–Crippen LogP) is 4.37. The van der Waals surface area contributed by atoms with Crippen molar-refractivity contribution in [2.75, 3.05) is 0 Å². The highest BCUT2D eigenvalue weighted by molar-refractivity contribution is 5.90. The quantitative estimate of drug-likeness (QED) is 0.266. The van der Waals surface area contributed by atoms with Crippen LogP contribution in [0.4, 0.5) is 0 Å². The van der Waals surface area contributed by atoms with E-state index >= 15 is 0 Å². The van der Waals surface area contributed by atoms with Crippen LogP contribution in [0.2, 0.25) is 0 Å². The zero-order valence-corrected chi connectivity index (χ0v) is 28.4. The topological polar surface area (TPSA) is 136 Å². The van der Waals surface area contributed by atoms with E-state index in [0.29, 0.717) is 17.6 Å². The third-order valence-corrected chi connectivity index (χ3v) is 12.3. The molecule has 3 aliphatic heterocycles. The van der Waals surface area contributed by atoms with E-state index in [-0.39, 0.29) is 11.5 Å². The summed E-state index contributed by atoms with van der Waals surface area (Å²) in [4.78, 5) is 40.6. The molecule has 2 aromatic carbocycles. The molecule has 6 fully saturated rings. The summed E-state index contributed by atoms with van der Waals surface area (Å²) in [7, 11) is 0. The zero-order valence-electron chi connectivity index (χ0n) is 28.4. The number of benzene rings is 2. The average molecular weight is 675 g/mol. The van der Waals surface area contributed by atoms with Gasteiger partial charge in [0.25, 0.3) is 5.97 Å². The first-order valence-corrected chi connectivity index (χ1v) is 17.0. The van der Waals surface area contributed by atoms with Gasteiger partial charge in [-0.15, -0.1) is 0 Å². The van der Waals surface area contributed by atoms with E-state index < -0.39 is 94.6 Å². The van der Waals surface area contributed by atoms with Crippen molar-refractivity contribution in [3.63, 3.8) is 0 Å². The number of hydrogen-bond acceptors (Lipinski definition) is 11. The highest BCUT2D eigenvalue weighted by Crippen LogP contribution is 2.73. The minimum atomic E-state index is -1.74.